The predicted molar refractivity (Wildman–Crippen MR) is 83.6 cm³/mol. The van der Waals surface area contributed by atoms with Gasteiger partial charge in [0.2, 0.25) is 0 Å². The number of rotatable bonds is 5. The lowest BCUT2D eigenvalue weighted by molar-refractivity contribution is -0.145. The van der Waals surface area contributed by atoms with E-state index in [4.69, 9.17) is 4.74 Å². The summed E-state index contributed by atoms with van der Waals surface area (Å²) >= 11 is 0. The van der Waals surface area contributed by atoms with Crippen LogP contribution in [0.15, 0.2) is 41.6 Å². The van der Waals surface area contributed by atoms with Crippen LogP contribution in [0.5, 0.6) is 0 Å². The third-order valence-corrected chi connectivity index (χ3v) is 3.56. The molecule has 0 aliphatic heterocycles. The summed E-state index contributed by atoms with van der Waals surface area (Å²) in [5.41, 5.74) is 0.801. The van der Waals surface area contributed by atoms with Gasteiger partial charge in [-0.15, -0.1) is 0 Å². The smallest absolute Gasteiger partial charge is 0.307 e. The summed E-state index contributed by atoms with van der Waals surface area (Å²) in [5, 5.41) is 4.38. The van der Waals surface area contributed by atoms with Crippen LogP contribution in [0.4, 0.5) is 4.39 Å². The summed E-state index contributed by atoms with van der Waals surface area (Å²) in [6, 6.07) is 5.84. The Balaban J connectivity index is 1.60. The van der Waals surface area contributed by atoms with Gasteiger partial charge in [-0.3, -0.25) is 18.8 Å². The highest BCUT2D eigenvalue weighted by molar-refractivity contribution is 5.73. The fraction of sp³-hybridized carbons (Fsp3) is 0.250. The van der Waals surface area contributed by atoms with Gasteiger partial charge in [-0.25, -0.2) is 9.37 Å². The van der Waals surface area contributed by atoms with Crippen LogP contribution in [0.1, 0.15) is 12.0 Å². The van der Waals surface area contributed by atoms with Gasteiger partial charge in [0.15, 0.2) is 5.65 Å². The normalized spacial score (nSPS) is 10.9. The van der Waals surface area contributed by atoms with E-state index in [1.165, 1.54) is 33.9 Å². The van der Waals surface area contributed by atoms with Crippen LogP contribution in [-0.2, 0) is 29.7 Å². The summed E-state index contributed by atoms with van der Waals surface area (Å²) in [4.78, 5) is 28.2. The highest BCUT2D eigenvalue weighted by Crippen LogP contribution is 2.06. The molecule has 0 fully saturated rings. The van der Waals surface area contributed by atoms with E-state index in [2.05, 4.69) is 10.1 Å². The molecule has 0 amide bonds. The van der Waals surface area contributed by atoms with Crippen molar-refractivity contribution in [3.05, 3.63) is 58.5 Å². The second-order valence-corrected chi connectivity index (χ2v) is 5.29. The fourth-order valence-corrected chi connectivity index (χ4v) is 2.30. The first-order valence-corrected chi connectivity index (χ1v) is 7.32. The highest BCUT2D eigenvalue weighted by Gasteiger charge is 2.10. The van der Waals surface area contributed by atoms with Gasteiger partial charge in [0.1, 0.15) is 17.8 Å². The van der Waals surface area contributed by atoms with Crippen LogP contribution in [0.3, 0.4) is 0 Å². The second-order valence-electron chi connectivity index (χ2n) is 5.29. The standard InChI is InChI=1S/C16H15FN4O3/c1-20-15-13(8-19-20)16(23)21(10-18-15)6-5-14(22)24-9-11-3-2-4-12(17)7-11/h2-4,7-8,10H,5-6,9H2,1H3. The summed E-state index contributed by atoms with van der Waals surface area (Å²) in [6.45, 7) is 0.143. The van der Waals surface area contributed by atoms with E-state index in [0.29, 0.717) is 16.6 Å². The molecule has 0 bridgehead atoms. The Kier molecular flexibility index (Phi) is 4.37. The Morgan fingerprint density at radius 2 is 2.21 bits per heavy atom. The molecule has 0 N–H and O–H groups in total. The number of fused-ring (bicyclic) bond motifs is 1. The molecule has 7 nitrogen and oxygen atoms in total. The van der Waals surface area contributed by atoms with Crippen LogP contribution in [0, 0.1) is 5.82 Å². The van der Waals surface area contributed by atoms with Crippen LogP contribution >= 0.6 is 0 Å². The third kappa shape index (κ3) is 3.32. The number of aromatic nitrogens is 4. The molecule has 2 heterocycles. The number of esters is 1. The van der Waals surface area contributed by atoms with E-state index in [9.17, 15) is 14.0 Å². The summed E-state index contributed by atoms with van der Waals surface area (Å²) < 4.78 is 21.0. The monoisotopic (exact) mass is 330 g/mol. The third-order valence-electron chi connectivity index (χ3n) is 3.56. The minimum atomic E-state index is -0.475. The lowest BCUT2D eigenvalue weighted by atomic mass is 10.2. The molecule has 0 aliphatic carbocycles. The zero-order valence-electron chi connectivity index (χ0n) is 13.0. The summed E-state index contributed by atoms with van der Waals surface area (Å²) in [7, 11) is 1.70. The minimum absolute atomic E-state index is 0.00855. The van der Waals surface area contributed by atoms with Gasteiger partial charge < -0.3 is 4.74 Å². The van der Waals surface area contributed by atoms with Gasteiger partial charge in [-0.1, -0.05) is 12.1 Å². The Hall–Kier alpha value is -3.03. The zero-order chi connectivity index (χ0) is 17.1. The number of halogens is 1. The van der Waals surface area contributed by atoms with Crippen molar-refractivity contribution in [1.29, 1.82) is 0 Å². The van der Waals surface area contributed by atoms with Crippen molar-refractivity contribution < 1.29 is 13.9 Å². The van der Waals surface area contributed by atoms with Crippen LogP contribution in [-0.4, -0.2) is 25.3 Å². The van der Waals surface area contributed by atoms with Gasteiger partial charge in [0.05, 0.1) is 18.9 Å². The van der Waals surface area contributed by atoms with Crippen molar-refractivity contribution >= 4 is 17.0 Å². The number of hydrogen-bond acceptors (Lipinski definition) is 5. The Labute approximate surface area is 136 Å². The highest BCUT2D eigenvalue weighted by atomic mass is 19.1. The number of ether oxygens (including phenoxy) is 1. The van der Waals surface area contributed by atoms with Crippen molar-refractivity contribution in [2.45, 2.75) is 19.6 Å². The van der Waals surface area contributed by atoms with Crippen LogP contribution in [0.25, 0.3) is 11.0 Å². The van der Waals surface area contributed by atoms with Crippen molar-refractivity contribution in [1.82, 2.24) is 19.3 Å². The molecule has 0 aliphatic rings. The molecule has 0 saturated carbocycles. The number of hydrogen-bond donors (Lipinski definition) is 0. The average molecular weight is 330 g/mol. The predicted octanol–water partition coefficient (Wildman–Crippen LogP) is 1.40. The number of carbonyl (C=O) groups excluding carboxylic acids is 1. The molecule has 0 spiro atoms. The Morgan fingerprint density at radius 3 is 3.00 bits per heavy atom. The van der Waals surface area contributed by atoms with E-state index in [1.54, 1.807) is 19.2 Å². The first-order valence-electron chi connectivity index (χ1n) is 7.32. The van der Waals surface area contributed by atoms with E-state index in [1.807, 2.05) is 0 Å². The first-order chi connectivity index (χ1) is 11.5. The summed E-state index contributed by atoms with van der Waals surface area (Å²) in [5.74, 6) is -0.858. The molecule has 3 rings (SSSR count). The average Bonchev–Trinajstić information content (AvgIpc) is 2.94. The topological polar surface area (TPSA) is 79.0 Å². The number of benzene rings is 1. The van der Waals surface area contributed by atoms with Gasteiger partial charge in [0, 0.05) is 13.6 Å². The van der Waals surface area contributed by atoms with Gasteiger partial charge in [0.25, 0.3) is 5.56 Å². The van der Waals surface area contributed by atoms with E-state index in [-0.39, 0.29) is 30.9 Å². The summed E-state index contributed by atoms with van der Waals surface area (Å²) in [6.07, 6.45) is 2.85. The Morgan fingerprint density at radius 1 is 1.38 bits per heavy atom. The first kappa shape index (κ1) is 15.9. The number of nitrogens with zero attached hydrogens (tertiary/aromatic N) is 4. The lowest BCUT2D eigenvalue weighted by Gasteiger charge is -2.07. The molecule has 24 heavy (non-hydrogen) atoms. The van der Waals surface area contributed by atoms with Crippen molar-refractivity contribution in [2.24, 2.45) is 7.05 Å². The van der Waals surface area contributed by atoms with Crippen molar-refractivity contribution in [2.75, 3.05) is 0 Å². The molecule has 0 atom stereocenters. The number of aryl methyl sites for hydroxylation is 2. The van der Waals surface area contributed by atoms with Crippen molar-refractivity contribution in [3.63, 3.8) is 0 Å². The minimum Gasteiger partial charge on any atom is -0.461 e. The Bertz CT molecular complexity index is 948. The van der Waals surface area contributed by atoms with E-state index < -0.39 is 5.97 Å². The quantitative estimate of drug-likeness (QED) is 0.661. The van der Waals surface area contributed by atoms with E-state index >= 15 is 0 Å². The molecule has 2 aromatic heterocycles. The van der Waals surface area contributed by atoms with Crippen molar-refractivity contribution in [3.8, 4) is 0 Å². The molecule has 0 saturated heterocycles. The molecule has 3 aromatic rings. The van der Waals surface area contributed by atoms with E-state index in [0.717, 1.165) is 0 Å². The zero-order valence-corrected chi connectivity index (χ0v) is 13.0. The molecule has 124 valence electrons. The molecule has 8 heteroatoms. The fourth-order valence-electron chi connectivity index (χ4n) is 2.30. The van der Waals surface area contributed by atoms with Gasteiger partial charge in [-0.2, -0.15) is 5.10 Å². The SMILES string of the molecule is Cn1ncc2c(=O)n(CCC(=O)OCc3cccc(F)c3)cnc21. The van der Waals surface area contributed by atoms with Gasteiger partial charge in [-0.05, 0) is 17.7 Å². The molecular formula is C16H15FN4O3. The molecule has 0 radical (unpaired) electrons. The second kappa shape index (κ2) is 6.61. The van der Waals surface area contributed by atoms with Crippen LogP contribution in [0.2, 0.25) is 0 Å². The molecule has 1 aromatic carbocycles. The maximum Gasteiger partial charge on any atom is 0.307 e. The largest absolute Gasteiger partial charge is 0.461 e. The maximum absolute atomic E-state index is 13.0. The number of carbonyl (C=O) groups is 1. The maximum atomic E-state index is 13.0. The van der Waals surface area contributed by atoms with Gasteiger partial charge >= 0.3 is 5.97 Å². The molecular weight excluding hydrogens is 315 g/mol. The molecule has 0 unspecified atom stereocenters. The van der Waals surface area contributed by atoms with Crippen LogP contribution < -0.4 is 5.56 Å². The lowest BCUT2D eigenvalue weighted by Crippen LogP contribution is -2.22.